The number of aryl methyl sites for hydroxylation is 1. The second kappa shape index (κ2) is 6.86. The zero-order valence-corrected chi connectivity index (χ0v) is 12.3. The van der Waals surface area contributed by atoms with Crippen LogP contribution in [0, 0.1) is 18.6 Å². The van der Waals surface area contributed by atoms with Gasteiger partial charge in [-0.1, -0.05) is 29.8 Å². The Bertz CT molecular complexity index is 586. The zero-order valence-electron chi connectivity index (χ0n) is 11.5. The van der Waals surface area contributed by atoms with Gasteiger partial charge in [0.05, 0.1) is 0 Å². The first kappa shape index (κ1) is 15.0. The predicted octanol–water partition coefficient (Wildman–Crippen LogP) is 4.33. The average Bonchev–Trinajstić information content (AvgIpc) is 2.44. The van der Waals surface area contributed by atoms with Crippen LogP contribution in [0.15, 0.2) is 47.4 Å². The van der Waals surface area contributed by atoms with E-state index in [-0.39, 0.29) is 6.04 Å². The Labute approximate surface area is 122 Å². The molecule has 1 atom stereocenters. The van der Waals surface area contributed by atoms with E-state index in [0.717, 1.165) is 11.0 Å². The van der Waals surface area contributed by atoms with Crippen molar-refractivity contribution in [2.75, 3.05) is 12.8 Å². The molecule has 4 heteroatoms. The molecule has 0 radical (unpaired) electrons. The van der Waals surface area contributed by atoms with Crippen molar-refractivity contribution in [3.8, 4) is 0 Å². The molecule has 0 aliphatic rings. The van der Waals surface area contributed by atoms with E-state index in [1.165, 1.54) is 11.6 Å². The molecule has 2 rings (SSSR count). The Morgan fingerprint density at radius 3 is 2.60 bits per heavy atom. The number of thioether (sulfide) groups is 1. The predicted molar refractivity (Wildman–Crippen MR) is 80.1 cm³/mol. The van der Waals surface area contributed by atoms with Gasteiger partial charge in [0, 0.05) is 22.3 Å². The van der Waals surface area contributed by atoms with Gasteiger partial charge in [-0.15, -0.1) is 11.8 Å². The van der Waals surface area contributed by atoms with Gasteiger partial charge in [0.15, 0.2) is 11.6 Å². The lowest BCUT2D eigenvalue weighted by Gasteiger charge is -2.17. The standard InChI is InChI=1S/C16H17F2NS/c1-11-5-3-6-12(9-11)20-10-15(19-2)13-7-4-8-14(17)16(13)18/h3-9,15,19H,10H2,1-2H3. The molecule has 0 fully saturated rings. The molecule has 0 aromatic heterocycles. The summed E-state index contributed by atoms with van der Waals surface area (Å²) in [5.74, 6) is -0.930. The monoisotopic (exact) mass is 293 g/mol. The molecule has 1 N–H and O–H groups in total. The van der Waals surface area contributed by atoms with E-state index < -0.39 is 11.6 Å². The van der Waals surface area contributed by atoms with Crippen LogP contribution >= 0.6 is 11.8 Å². The number of halogens is 2. The third kappa shape index (κ3) is 3.58. The van der Waals surface area contributed by atoms with E-state index >= 15 is 0 Å². The fourth-order valence-corrected chi connectivity index (χ4v) is 3.15. The minimum Gasteiger partial charge on any atom is -0.312 e. The maximum absolute atomic E-state index is 13.8. The normalized spacial score (nSPS) is 12.4. The highest BCUT2D eigenvalue weighted by atomic mass is 32.2. The number of rotatable bonds is 5. The van der Waals surface area contributed by atoms with Crippen LogP contribution < -0.4 is 5.32 Å². The first-order chi connectivity index (χ1) is 9.61. The van der Waals surface area contributed by atoms with Crippen molar-refractivity contribution < 1.29 is 8.78 Å². The van der Waals surface area contributed by atoms with Gasteiger partial charge in [-0.3, -0.25) is 0 Å². The first-order valence-electron chi connectivity index (χ1n) is 6.42. The molecular weight excluding hydrogens is 276 g/mol. The quantitative estimate of drug-likeness (QED) is 0.824. The molecular formula is C16H17F2NS. The van der Waals surface area contributed by atoms with Crippen LogP contribution in [0.1, 0.15) is 17.2 Å². The van der Waals surface area contributed by atoms with Crippen LogP contribution in [-0.2, 0) is 0 Å². The van der Waals surface area contributed by atoms with Crippen LogP contribution in [0.4, 0.5) is 8.78 Å². The van der Waals surface area contributed by atoms with E-state index in [2.05, 4.69) is 11.4 Å². The summed E-state index contributed by atoms with van der Waals surface area (Å²) >= 11 is 1.63. The molecule has 20 heavy (non-hydrogen) atoms. The fraction of sp³-hybridized carbons (Fsp3) is 0.250. The second-order valence-electron chi connectivity index (χ2n) is 4.61. The summed E-state index contributed by atoms with van der Waals surface area (Å²) in [5.41, 5.74) is 1.56. The maximum atomic E-state index is 13.8. The van der Waals surface area contributed by atoms with Gasteiger partial charge in [0.2, 0.25) is 0 Å². The minimum atomic E-state index is -0.802. The Morgan fingerprint density at radius 2 is 1.90 bits per heavy atom. The highest BCUT2D eigenvalue weighted by molar-refractivity contribution is 7.99. The summed E-state index contributed by atoms with van der Waals surface area (Å²) in [6.45, 7) is 2.03. The molecule has 0 saturated carbocycles. The van der Waals surface area contributed by atoms with Crippen molar-refractivity contribution in [2.24, 2.45) is 0 Å². The van der Waals surface area contributed by atoms with E-state index in [1.54, 1.807) is 24.9 Å². The zero-order chi connectivity index (χ0) is 14.5. The van der Waals surface area contributed by atoms with Crippen molar-refractivity contribution in [3.63, 3.8) is 0 Å². The molecule has 1 nitrogen and oxygen atoms in total. The Kier molecular flexibility index (Phi) is 5.15. The van der Waals surface area contributed by atoms with Crippen LogP contribution in [0.5, 0.6) is 0 Å². The SMILES string of the molecule is CNC(CSc1cccc(C)c1)c1cccc(F)c1F. The van der Waals surface area contributed by atoms with Crippen molar-refractivity contribution in [3.05, 3.63) is 65.2 Å². The summed E-state index contributed by atoms with van der Waals surface area (Å²) in [7, 11) is 1.76. The second-order valence-corrected chi connectivity index (χ2v) is 5.71. The molecule has 0 heterocycles. The maximum Gasteiger partial charge on any atom is 0.163 e. The van der Waals surface area contributed by atoms with Crippen molar-refractivity contribution in [2.45, 2.75) is 17.9 Å². The molecule has 1 unspecified atom stereocenters. The Balaban J connectivity index is 2.11. The van der Waals surface area contributed by atoms with E-state index in [1.807, 2.05) is 25.1 Å². The summed E-state index contributed by atoms with van der Waals surface area (Å²) < 4.78 is 27.1. The largest absolute Gasteiger partial charge is 0.312 e. The lowest BCUT2D eigenvalue weighted by molar-refractivity contribution is 0.484. The minimum absolute atomic E-state index is 0.226. The lowest BCUT2D eigenvalue weighted by atomic mass is 10.1. The van der Waals surface area contributed by atoms with Gasteiger partial charge >= 0.3 is 0 Å². The van der Waals surface area contributed by atoms with Gasteiger partial charge < -0.3 is 5.32 Å². The van der Waals surface area contributed by atoms with Gasteiger partial charge in [-0.05, 0) is 32.2 Å². The molecule has 106 valence electrons. The number of nitrogens with one attached hydrogen (secondary N) is 1. The van der Waals surface area contributed by atoms with Gasteiger partial charge in [-0.2, -0.15) is 0 Å². The number of hydrogen-bond acceptors (Lipinski definition) is 2. The van der Waals surface area contributed by atoms with Crippen molar-refractivity contribution >= 4 is 11.8 Å². The Hall–Kier alpha value is -1.39. The van der Waals surface area contributed by atoms with Crippen LogP contribution in [0.3, 0.4) is 0 Å². The van der Waals surface area contributed by atoms with Crippen LogP contribution in [0.25, 0.3) is 0 Å². The third-order valence-electron chi connectivity index (χ3n) is 3.11. The highest BCUT2D eigenvalue weighted by Gasteiger charge is 2.16. The highest BCUT2D eigenvalue weighted by Crippen LogP contribution is 2.27. The van der Waals surface area contributed by atoms with Gasteiger partial charge in [0.1, 0.15) is 0 Å². The topological polar surface area (TPSA) is 12.0 Å². The summed E-state index contributed by atoms with van der Waals surface area (Å²) in [6.07, 6.45) is 0. The molecule has 2 aromatic carbocycles. The number of benzene rings is 2. The van der Waals surface area contributed by atoms with Crippen molar-refractivity contribution in [1.29, 1.82) is 0 Å². The van der Waals surface area contributed by atoms with Crippen LogP contribution in [-0.4, -0.2) is 12.8 Å². The molecule has 0 spiro atoms. The van der Waals surface area contributed by atoms with Crippen molar-refractivity contribution in [1.82, 2.24) is 5.32 Å². The molecule has 0 amide bonds. The summed E-state index contributed by atoms with van der Waals surface area (Å²) in [5, 5.41) is 3.04. The average molecular weight is 293 g/mol. The van der Waals surface area contributed by atoms with Gasteiger partial charge in [-0.25, -0.2) is 8.78 Å². The molecule has 0 bridgehead atoms. The third-order valence-corrected chi connectivity index (χ3v) is 4.20. The Morgan fingerprint density at radius 1 is 1.15 bits per heavy atom. The first-order valence-corrected chi connectivity index (χ1v) is 7.41. The fourth-order valence-electron chi connectivity index (χ4n) is 2.00. The number of hydrogen-bond donors (Lipinski definition) is 1. The lowest BCUT2D eigenvalue weighted by Crippen LogP contribution is -2.20. The smallest absolute Gasteiger partial charge is 0.163 e. The summed E-state index contributed by atoms with van der Waals surface area (Å²) in [4.78, 5) is 1.13. The van der Waals surface area contributed by atoms with E-state index in [4.69, 9.17) is 0 Å². The molecule has 0 aliphatic heterocycles. The summed E-state index contributed by atoms with van der Waals surface area (Å²) in [6, 6.07) is 12.2. The van der Waals surface area contributed by atoms with Crippen LogP contribution in [0.2, 0.25) is 0 Å². The molecule has 0 aliphatic carbocycles. The molecule has 0 saturated heterocycles. The molecule has 2 aromatic rings. The van der Waals surface area contributed by atoms with E-state index in [9.17, 15) is 8.78 Å². The van der Waals surface area contributed by atoms with Gasteiger partial charge in [0.25, 0.3) is 0 Å². The van der Waals surface area contributed by atoms with E-state index in [0.29, 0.717) is 11.3 Å².